The largest absolute Gasteiger partial charge is 0.441 e. The van der Waals surface area contributed by atoms with Gasteiger partial charge in [-0.25, -0.2) is 13.4 Å². The number of nitrogens with one attached hydrogen (secondary N) is 1. The number of sulfonamides is 1. The number of hydrogen-bond donors (Lipinski definition) is 1. The van der Waals surface area contributed by atoms with Gasteiger partial charge in [-0.15, -0.1) is 0 Å². The lowest BCUT2D eigenvalue weighted by Gasteiger charge is -2.03. The molecule has 7 heteroatoms. The smallest absolute Gasteiger partial charge is 0.242 e. The Morgan fingerprint density at radius 2 is 2.25 bits per heavy atom. The Morgan fingerprint density at radius 1 is 1.50 bits per heavy atom. The van der Waals surface area contributed by atoms with Crippen molar-refractivity contribution >= 4 is 42.7 Å². The molecule has 0 aliphatic carbocycles. The SMILES string of the molecule is Cc1nc2cc(NS(=O)(=O)CBr)ccc2o1. The van der Waals surface area contributed by atoms with E-state index in [4.69, 9.17) is 4.42 Å². The highest BCUT2D eigenvalue weighted by molar-refractivity contribution is 9.10. The zero-order chi connectivity index (χ0) is 11.8. The van der Waals surface area contributed by atoms with E-state index >= 15 is 0 Å². The highest BCUT2D eigenvalue weighted by atomic mass is 79.9. The van der Waals surface area contributed by atoms with Crippen LogP contribution in [0.2, 0.25) is 0 Å². The number of aromatic nitrogens is 1. The van der Waals surface area contributed by atoms with Gasteiger partial charge in [0, 0.05) is 6.92 Å². The number of oxazole rings is 1. The molecular weight excluding hydrogens is 296 g/mol. The van der Waals surface area contributed by atoms with Crippen molar-refractivity contribution in [2.24, 2.45) is 0 Å². The molecular formula is C9H9BrN2O3S. The zero-order valence-electron chi connectivity index (χ0n) is 8.40. The van der Waals surface area contributed by atoms with Crippen LogP contribution >= 0.6 is 15.9 Å². The second-order valence-electron chi connectivity index (χ2n) is 3.24. The fourth-order valence-electron chi connectivity index (χ4n) is 1.31. The molecule has 0 saturated carbocycles. The van der Waals surface area contributed by atoms with Gasteiger partial charge in [0.1, 0.15) is 10.2 Å². The van der Waals surface area contributed by atoms with Gasteiger partial charge in [-0.3, -0.25) is 4.72 Å². The van der Waals surface area contributed by atoms with E-state index in [1.807, 2.05) is 0 Å². The molecule has 1 aromatic heterocycles. The molecule has 1 N–H and O–H groups in total. The zero-order valence-corrected chi connectivity index (χ0v) is 10.8. The van der Waals surface area contributed by atoms with Gasteiger partial charge in [-0.05, 0) is 18.2 Å². The monoisotopic (exact) mass is 304 g/mol. The van der Waals surface area contributed by atoms with Crippen LogP contribution in [0.4, 0.5) is 5.69 Å². The molecule has 0 aliphatic heterocycles. The summed E-state index contributed by atoms with van der Waals surface area (Å²) in [4.78, 5) is 4.12. The number of nitrogens with zero attached hydrogens (tertiary/aromatic N) is 1. The van der Waals surface area contributed by atoms with Crippen LogP contribution in [-0.4, -0.2) is 18.1 Å². The Kier molecular flexibility index (Phi) is 2.90. The van der Waals surface area contributed by atoms with Gasteiger partial charge in [0.05, 0.1) is 5.69 Å². The molecule has 86 valence electrons. The highest BCUT2D eigenvalue weighted by Crippen LogP contribution is 2.20. The second kappa shape index (κ2) is 4.06. The van der Waals surface area contributed by atoms with E-state index < -0.39 is 10.0 Å². The standard InChI is InChI=1S/C9H9BrN2O3S/c1-6-11-8-4-7(2-3-9(8)15-6)12-16(13,14)5-10/h2-4,12H,5H2,1H3. The van der Waals surface area contributed by atoms with E-state index in [0.29, 0.717) is 22.7 Å². The van der Waals surface area contributed by atoms with Crippen LogP contribution in [0.15, 0.2) is 22.6 Å². The maximum absolute atomic E-state index is 11.3. The first-order valence-electron chi connectivity index (χ1n) is 4.44. The summed E-state index contributed by atoms with van der Waals surface area (Å²) in [5, 5.41) is 0. The third-order valence-electron chi connectivity index (χ3n) is 1.91. The predicted molar refractivity (Wildman–Crippen MR) is 65.1 cm³/mol. The first-order chi connectivity index (χ1) is 7.50. The minimum Gasteiger partial charge on any atom is -0.441 e. The van der Waals surface area contributed by atoms with Crippen molar-refractivity contribution in [1.82, 2.24) is 4.98 Å². The maximum Gasteiger partial charge on any atom is 0.242 e. The van der Waals surface area contributed by atoms with Crippen molar-refractivity contribution in [3.05, 3.63) is 24.1 Å². The molecule has 0 radical (unpaired) electrons. The van der Waals surface area contributed by atoms with Gasteiger partial charge in [0.2, 0.25) is 10.0 Å². The van der Waals surface area contributed by atoms with Crippen LogP contribution in [-0.2, 0) is 10.0 Å². The van der Waals surface area contributed by atoms with Crippen molar-refractivity contribution in [2.45, 2.75) is 6.92 Å². The Balaban J connectivity index is 2.40. The lowest BCUT2D eigenvalue weighted by molar-refractivity contribution is 0.561. The molecule has 0 aliphatic rings. The van der Waals surface area contributed by atoms with Gasteiger partial charge in [-0.2, -0.15) is 0 Å². The van der Waals surface area contributed by atoms with E-state index in [0.717, 1.165) is 0 Å². The summed E-state index contributed by atoms with van der Waals surface area (Å²) in [7, 11) is -3.33. The molecule has 1 heterocycles. The Hall–Kier alpha value is -1.08. The third-order valence-corrected chi connectivity index (χ3v) is 4.55. The van der Waals surface area contributed by atoms with Crippen molar-refractivity contribution in [3.8, 4) is 0 Å². The predicted octanol–water partition coefficient (Wildman–Crippen LogP) is 2.23. The molecule has 16 heavy (non-hydrogen) atoms. The summed E-state index contributed by atoms with van der Waals surface area (Å²) in [5.41, 5.74) is 1.74. The summed E-state index contributed by atoms with van der Waals surface area (Å²) < 4.78 is 30.2. The normalized spacial score (nSPS) is 11.9. The number of alkyl halides is 1. The summed E-state index contributed by atoms with van der Waals surface area (Å²) in [6, 6.07) is 4.95. The lowest BCUT2D eigenvalue weighted by atomic mass is 10.3. The van der Waals surface area contributed by atoms with E-state index in [-0.39, 0.29) is 4.66 Å². The highest BCUT2D eigenvalue weighted by Gasteiger charge is 2.09. The third kappa shape index (κ3) is 2.35. The van der Waals surface area contributed by atoms with E-state index in [9.17, 15) is 8.42 Å². The number of hydrogen-bond acceptors (Lipinski definition) is 4. The maximum atomic E-state index is 11.3. The minimum absolute atomic E-state index is 0.143. The minimum atomic E-state index is -3.33. The topological polar surface area (TPSA) is 72.2 Å². The molecule has 0 spiro atoms. The van der Waals surface area contributed by atoms with Crippen molar-refractivity contribution in [3.63, 3.8) is 0 Å². The molecule has 0 unspecified atom stereocenters. The summed E-state index contributed by atoms with van der Waals surface area (Å²) >= 11 is 2.90. The van der Waals surface area contributed by atoms with Gasteiger partial charge in [0.15, 0.2) is 11.5 Å². The molecule has 0 bridgehead atoms. The van der Waals surface area contributed by atoms with Crippen LogP contribution in [0.25, 0.3) is 11.1 Å². The molecule has 0 amide bonds. The van der Waals surface area contributed by atoms with Crippen LogP contribution in [0.3, 0.4) is 0 Å². The first-order valence-corrected chi connectivity index (χ1v) is 7.21. The van der Waals surface area contributed by atoms with Gasteiger partial charge in [-0.1, -0.05) is 15.9 Å². The number of anilines is 1. The van der Waals surface area contributed by atoms with Gasteiger partial charge >= 0.3 is 0 Å². The van der Waals surface area contributed by atoms with Crippen LogP contribution in [0.1, 0.15) is 5.89 Å². The van der Waals surface area contributed by atoms with E-state index in [1.165, 1.54) is 0 Å². The summed E-state index contributed by atoms with van der Waals surface area (Å²) in [6.07, 6.45) is 0. The van der Waals surface area contributed by atoms with Gasteiger partial charge in [0.25, 0.3) is 0 Å². The van der Waals surface area contributed by atoms with Crippen molar-refractivity contribution in [1.29, 1.82) is 0 Å². The van der Waals surface area contributed by atoms with Crippen LogP contribution in [0, 0.1) is 6.92 Å². The molecule has 1 aromatic carbocycles. The average Bonchev–Trinajstić information content (AvgIpc) is 2.57. The van der Waals surface area contributed by atoms with Crippen molar-refractivity contribution < 1.29 is 12.8 Å². The summed E-state index contributed by atoms with van der Waals surface area (Å²) in [6.45, 7) is 1.74. The number of halogens is 1. The molecule has 0 saturated heterocycles. The van der Waals surface area contributed by atoms with Crippen LogP contribution in [0.5, 0.6) is 0 Å². The Labute approximate surface area is 101 Å². The Morgan fingerprint density at radius 3 is 2.94 bits per heavy atom. The fraction of sp³-hybridized carbons (Fsp3) is 0.222. The molecule has 2 rings (SSSR count). The fourth-order valence-corrected chi connectivity index (χ4v) is 2.20. The quantitative estimate of drug-likeness (QED) is 0.883. The molecule has 5 nitrogen and oxygen atoms in total. The number of benzene rings is 1. The number of rotatable bonds is 3. The molecule has 0 atom stereocenters. The average molecular weight is 305 g/mol. The Bertz CT molecular complexity index is 621. The van der Waals surface area contributed by atoms with Gasteiger partial charge < -0.3 is 4.42 Å². The number of fused-ring (bicyclic) bond motifs is 1. The van der Waals surface area contributed by atoms with Crippen LogP contribution < -0.4 is 4.72 Å². The van der Waals surface area contributed by atoms with E-state index in [2.05, 4.69) is 25.6 Å². The molecule has 2 aromatic rings. The lowest BCUT2D eigenvalue weighted by Crippen LogP contribution is -2.12. The summed E-state index contributed by atoms with van der Waals surface area (Å²) in [5.74, 6) is 0.551. The van der Waals surface area contributed by atoms with Crippen molar-refractivity contribution in [2.75, 3.05) is 9.38 Å². The number of aryl methyl sites for hydroxylation is 1. The van der Waals surface area contributed by atoms with E-state index in [1.54, 1.807) is 25.1 Å². The first kappa shape index (κ1) is 11.4. The molecule has 0 fully saturated rings. The second-order valence-corrected chi connectivity index (χ2v) is 6.27.